The van der Waals surface area contributed by atoms with Gasteiger partial charge in [0.1, 0.15) is 17.3 Å². The van der Waals surface area contributed by atoms with Crippen molar-refractivity contribution in [1.82, 2.24) is 9.80 Å². The van der Waals surface area contributed by atoms with Gasteiger partial charge in [0, 0.05) is 12.1 Å². The monoisotopic (exact) mass is 424 g/mol. The van der Waals surface area contributed by atoms with E-state index in [1.165, 1.54) is 12.0 Å². The highest BCUT2D eigenvalue weighted by Crippen LogP contribution is 2.40. The number of carbonyl (C=O) groups is 2. The van der Waals surface area contributed by atoms with Crippen LogP contribution in [0, 0.1) is 0 Å². The van der Waals surface area contributed by atoms with E-state index in [9.17, 15) is 14.7 Å². The van der Waals surface area contributed by atoms with Crippen molar-refractivity contribution in [2.75, 3.05) is 41.4 Å². The molecule has 7 heteroatoms. The number of hydrogen-bond donors (Lipinski definition) is 1. The van der Waals surface area contributed by atoms with Gasteiger partial charge in [-0.1, -0.05) is 24.3 Å². The van der Waals surface area contributed by atoms with Crippen LogP contribution in [0.25, 0.3) is 5.76 Å². The topological polar surface area (TPSA) is 79.3 Å². The third kappa shape index (κ3) is 4.72. The van der Waals surface area contributed by atoms with Gasteiger partial charge in [0.05, 0.1) is 25.8 Å². The number of rotatable bonds is 8. The number of ketones is 1. The zero-order valence-corrected chi connectivity index (χ0v) is 18.3. The van der Waals surface area contributed by atoms with Crippen molar-refractivity contribution in [3.05, 3.63) is 65.2 Å². The second-order valence-corrected chi connectivity index (χ2v) is 7.66. The van der Waals surface area contributed by atoms with Crippen LogP contribution < -0.4 is 9.47 Å². The molecule has 2 aromatic carbocycles. The van der Waals surface area contributed by atoms with Gasteiger partial charge < -0.3 is 24.4 Å². The first-order valence-corrected chi connectivity index (χ1v) is 10.1. The van der Waals surface area contributed by atoms with Crippen molar-refractivity contribution in [2.45, 2.75) is 12.5 Å². The summed E-state index contributed by atoms with van der Waals surface area (Å²) in [7, 11) is 7.00. The first kappa shape index (κ1) is 22.4. The van der Waals surface area contributed by atoms with E-state index in [4.69, 9.17) is 9.47 Å². The number of carbonyl (C=O) groups excluding carboxylic acids is 2. The van der Waals surface area contributed by atoms with Gasteiger partial charge in [-0.25, -0.2) is 0 Å². The van der Waals surface area contributed by atoms with Crippen LogP contribution in [0.1, 0.15) is 23.6 Å². The highest BCUT2D eigenvalue weighted by Gasteiger charge is 2.45. The van der Waals surface area contributed by atoms with Gasteiger partial charge in [0.2, 0.25) is 0 Å². The molecule has 1 fully saturated rings. The number of Topliss-reactive ketones (excluding diaryl/α,β-unsaturated/α-hetero) is 1. The second-order valence-electron chi connectivity index (χ2n) is 7.66. The van der Waals surface area contributed by atoms with E-state index < -0.39 is 17.7 Å². The Morgan fingerprint density at radius 2 is 1.68 bits per heavy atom. The van der Waals surface area contributed by atoms with Crippen molar-refractivity contribution >= 4 is 17.4 Å². The number of methoxy groups -OCH3 is 2. The van der Waals surface area contributed by atoms with E-state index >= 15 is 0 Å². The lowest BCUT2D eigenvalue weighted by atomic mass is 9.95. The maximum atomic E-state index is 13.0. The number of hydrogen-bond acceptors (Lipinski definition) is 6. The number of aliphatic hydroxyl groups excluding tert-OH is 1. The Bertz CT molecular complexity index is 999. The minimum atomic E-state index is -0.705. The largest absolute Gasteiger partial charge is 0.507 e. The molecule has 2 aromatic rings. The van der Waals surface area contributed by atoms with Gasteiger partial charge in [-0.2, -0.15) is 0 Å². The summed E-state index contributed by atoms with van der Waals surface area (Å²) in [6.45, 7) is 1.16. The highest BCUT2D eigenvalue weighted by atomic mass is 16.5. The van der Waals surface area contributed by atoms with Crippen molar-refractivity contribution in [3.8, 4) is 11.5 Å². The molecule has 1 aliphatic heterocycles. The summed E-state index contributed by atoms with van der Waals surface area (Å²) in [5.41, 5.74) is 1.18. The lowest BCUT2D eigenvalue weighted by molar-refractivity contribution is -0.139. The summed E-state index contributed by atoms with van der Waals surface area (Å²) in [6, 6.07) is 13.3. The Kier molecular flexibility index (Phi) is 6.97. The first-order valence-electron chi connectivity index (χ1n) is 10.1. The number of likely N-dealkylation sites (tertiary alicyclic amines) is 1. The molecule has 1 saturated heterocycles. The molecule has 0 aromatic heterocycles. The highest BCUT2D eigenvalue weighted by molar-refractivity contribution is 6.46. The fraction of sp³-hybridized carbons (Fsp3) is 0.333. The van der Waals surface area contributed by atoms with Gasteiger partial charge in [0.25, 0.3) is 11.7 Å². The predicted molar refractivity (Wildman–Crippen MR) is 118 cm³/mol. The number of nitrogens with zero attached hydrogens (tertiary/aromatic N) is 2. The zero-order chi connectivity index (χ0) is 22.5. The van der Waals surface area contributed by atoms with Gasteiger partial charge in [-0.3, -0.25) is 9.59 Å². The second kappa shape index (κ2) is 9.66. The zero-order valence-electron chi connectivity index (χ0n) is 18.3. The molecule has 1 atom stereocenters. The quantitative estimate of drug-likeness (QED) is 0.399. The molecule has 164 valence electrons. The fourth-order valence-corrected chi connectivity index (χ4v) is 3.75. The van der Waals surface area contributed by atoms with Crippen LogP contribution in [0.5, 0.6) is 11.5 Å². The van der Waals surface area contributed by atoms with E-state index in [0.717, 1.165) is 6.54 Å². The van der Waals surface area contributed by atoms with Crippen molar-refractivity contribution in [3.63, 3.8) is 0 Å². The van der Waals surface area contributed by atoms with Crippen LogP contribution >= 0.6 is 0 Å². The molecular formula is C24H28N2O5. The van der Waals surface area contributed by atoms with E-state index in [0.29, 0.717) is 35.6 Å². The van der Waals surface area contributed by atoms with Crippen molar-refractivity contribution < 1.29 is 24.2 Å². The summed E-state index contributed by atoms with van der Waals surface area (Å²) < 4.78 is 10.6. The van der Waals surface area contributed by atoms with Crippen LogP contribution in [0.2, 0.25) is 0 Å². The molecule has 0 bridgehead atoms. The fourth-order valence-electron chi connectivity index (χ4n) is 3.75. The Morgan fingerprint density at radius 3 is 2.32 bits per heavy atom. The average Bonchev–Trinajstić information content (AvgIpc) is 3.03. The maximum Gasteiger partial charge on any atom is 0.295 e. The van der Waals surface area contributed by atoms with Crippen LogP contribution in [0.15, 0.2) is 54.1 Å². The summed E-state index contributed by atoms with van der Waals surface area (Å²) in [6.07, 6.45) is 0.694. The van der Waals surface area contributed by atoms with Crippen molar-refractivity contribution in [2.24, 2.45) is 0 Å². The molecule has 31 heavy (non-hydrogen) atoms. The van der Waals surface area contributed by atoms with Crippen LogP contribution in [-0.4, -0.2) is 68.0 Å². The smallest absolute Gasteiger partial charge is 0.295 e. The van der Waals surface area contributed by atoms with Crippen molar-refractivity contribution in [1.29, 1.82) is 0 Å². The van der Waals surface area contributed by atoms with E-state index in [2.05, 4.69) is 0 Å². The molecule has 0 unspecified atom stereocenters. The molecule has 0 saturated carbocycles. The molecule has 7 nitrogen and oxygen atoms in total. The molecule has 1 heterocycles. The van der Waals surface area contributed by atoms with Crippen LogP contribution in [0.4, 0.5) is 0 Å². The van der Waals surface area contributed by atoms with E-state index in [1.54, 1.807) is 49.6 Å². The molecule has 1 N–H and O–H groups in total. The lowest BCUT2D eigenvalue weighted by Crippen LogP contribution is -2.32. The molecule has 0 spiro atoms. The Labute approximate surface area is 182 Å². The molecule has 1 aliphatic rings. The molecule has 1 amide bonds. The first-order chi connectivity index (χ1) is 14.9. The van der Waals surface area contributed by atoms with Crippen LogP contribution in [-0.2, 0) is 9.59 Å². The summed E-state index contributed by atoms with van der Waals surface area (Å²) in [4.78, 5) is 29.5. The van der Waals surface area contributed by atoms with Gasteiger partial charge in [0.15, 0.2) is 0 Å². The van der Waals surface area contributed by atoms with E-state index in [1.807, 2.05) is 25.1 Å². The lowest BCUT2D eigenvalue weighted by Gasteiger charge is -2.26. The standard InChI is InChI=1S/C24H28N2O5/c1-25(2)12-7-13-26-21(16-8-5-10-18(14-16)30-3)20(23(28)24(26)29)22(27)17-9-6-11-19(15-17)31-4/h5-6,8-11,14-15,21,27H,7,12-13H2,1-4H3/b22-20+/t21-/m0/s1. The Morgan fingerprint density at radius 1 is 1.03 bits per heavy atom. The van der Waals surface area contributed by atoms with Gasteiger partial charge in [-0.05, 0) is 56.9 Å². The predicted octanol–water partition coefficient (Wildman–Crippen LogP) is 3.08. The van der Waals surface area contributed by atoms with E-state index in [-0.39, 0.29) is 11.3 Å². The molecular weight excluding hydrogens is 396 g/mol. The third-order valence-electron chi connectivity index (χ3n) is 5.30. The number of benzene rings is 2. The van der Waals surface area contributed by atoms with Crippen LogP contribution in [0.3, 0.4) is 0 Å². The Balaban J connectivity index is 2.12. The third-order valence-corrected chi connectivity index (χ3v) is 5.30. The SMILES string of the molecule is COc1cccc(/C(O)=C2\C(=O)C(=O)N(CCCN(C)C)[C@H]2c2cccc(OC)c2)c1. The molecule has 3 rings (SSSR count). The summed E-state index contributed by atoms with van der Waals surface area (Å²) >= 11 is 0. The molecule has 0 aliphatic carbocycles. The maximum absolute atomic E-state index is 13.0. The minimum absolute atomic E-state index is 0.0661. The average molecular weight is 424 g/mol. The molecule has 0 radical (unpaired) electrons. The number of amides is 1. The summed E-state index contributed by atoms with van der Waals surface area (Å²) in [5, 5.41) is 11.1. The normalized spacial score (nSPS) is 18.0. The number of aliphatic hydroxyl groups is 1. The van der Waals surface area contributed by atoms with Gasteiger partial charge in [-0.15, -0.1) is 0 Å². The summed E-state index contributed by atoms with van der Waals surface area (Å²) in [5.74, 6) is -0.380. The minimum Gasteiger partial charge on any atom is -0.507 e. The number of ether oxygens (including phenoxy) is 2. The van der Waals surface area contributed by atoms with Gasteiger partial charge >= 0.3 is 0 Å². The Hall–Kier alpha value is -3.32.